The van der Waals surface area contributed by atoms with Crippen LogP contribution in [0.1, 0.15) is 143 Å². The molecule has 35 heavy (non-hydrogen) atoms. The summed E-state index contributed by atoms with van der Waals surface area (Å²) in [6, 6.07) is 0.177. The van der Waals surface area contributed by atoms with Crippen LogP contribution in [0.5, 0.6) is 0 Å². The molecule has 0 aromatic heterocycles. The van der Waals surface area contributed by atoms with Gasteiger partial charge in [0.2, 0.25) is 0 Å². The molecule has 7 heteroatoms. The van der Waals surface area contributed by atoms with Gasteiger partial charge in [-0.3, -0.25) is 14.2 Å². The van der Waals surface area contributed by atoms with Crippen molar-refractivity contribution >= 4 is 16.1 Å². The van der Waals surface area contributed by atoms with E-state index in [-0.39, 0.29) is 24.2 Å². The van der Waals surface area contributed by atoms with Gasteiger partial charge >= 0.3 is 5.97 Å². The van der Waals surface area contributed by atoms with E-state index in [1.165, 1.54) is 103 Å². The van der Waals surface area contributed by atoms with Crippen LogP contribution in [0.2, 0.25) is 0 Å². The lowest BCUT2D eigenvalue weighted by atomic mass is 9.91. The molecule has 0 aliphatic heterocycles. The fourth-order valence-corrected chi connectivity index (χ4v) is 5.42. The summed E-state index contributed by atoms with van der Waals surface area (Å²) >= 11 is 0. The largest absolute Gasteiger partial charge is 0.468 e. The summed E-state index contributed by atoms with van der Waals surface area (Å²) in [6.07, 6.45) is 23.1. The van der Waals surface area contributed by atoms with Crippen molar-refractivity contribution in [2.75, 3.05) is 19.9 Å². The van der Waals surface area contributed by atoms with Crippen molar-refractivity contribution in [3.63, 3.8) is 0 Å². The molecule has 2 unspecified atom stereocenters. The zero-order valence-corrected chi connectivity index (χ0v) is 24.5. The van der Waals surface area contributed by atoms with Crippen LogP contribution in [0.4, 0.5) is 0 Å². The van der Waals surface area contributed by atoms with Gasteiger partial charge in [0.25, 0.3) is 10.1 Å². The van der Waals surface area contributed by atoms with Crippen LogP contribution in [0.25, 0.3) is 0 Å². The van der Waals surface area contributed by atoms with E-state index in [1.807, 2.05) is 11.9 Å². The van der Waals surface area contributed by atoms with Gasteiger partial charge in [0, 0.05) is 6.04 Å². The molecule has 0 aromatic rings. The Morgan fingerprint density at radius 1 is 0.829 bits per heavy atom. The molecule has 0 aliphatic rings. The summed E-state index contributed by atoms with van der Waals surface area (Å²) in [6.45, 7) is 6.18. The van der Waals surface area contributed by atoms with Gasteiger partial charge in [-0.15, -0.1) is 0 Å². The number of carbonyl (C=O) groups is 1. The standard InChI is InChI=1S/C28H57NO5S/c1-6-7-8-9-10-11-12-13-14-15-16-17-18-19-20-21-23-26(2)29(4)28(3,27(30)34-5)24-22-25-35(31,32)33/h26H,6-25H2,1-5H3,(H,31,32,33). The molecular formula is C28H57NO5S. The second-order valence-electron chi connectivity index (χ2n) is 10.7. The quantitative estimate of drug-likeness (QED) is 0.0804. The topological polar surface area (TPSA) is 83.9 Å². The molecule has 0 amide bonds. The van der Waals surface area contributed by atoms with E-state index in [9.17, 15) is 13.2 Å². The lowest BCUT2D eigenvalue weighted by Gasteiger charge is -2.40. The van der Waals surface area contributed by atoms with Crippen molar-refractivity contribution in [1.82, 2.24) is 4.90 Å². The fraction of sp³-hybridized carbons (Fsp3) is 0.964. The van der Waals surface area contributed by atoms with Gasteiger partial charge in [-0.1, -0.05) is 110 Å². The maximum Gasteiger partial charge on any atom is 0.325 e. The SMILES string of the molecule is CCCCCCCCCCCCCCCCCCC(C)N(C)C(C)(CCCS(=O)(=O)O)C(=O)OC. The molecule has 2 atom stereocenters. The third-order valence-electron chi connectivity index (χ3n) is 7.61. The minimum absolute atomic E-state index is 0.177. The molecule has 0 saturated heterocycles. The molecule has 210 valence electrons. The molecule has 0 bridgehead atoms. The molecule has 0 radical (unpaired) electrons. The summed E-state index contributed by atoms with van der Waals surface area (Å²) in [5.41, 5.74) is -0.909. The lowest BCUT2D eigenvalue weighted by Crippen LogP contribution is -2.54. The molecular weight excluding hydrogens is 462 g/mol. The van der Waals surface area contributed by atoms with Gasteiger partial charge in [-0.2, -0.15) is 8.42 Å². The molecule has 0 heterocycles. The van der Waals surface area contributed by atoms with E-state index >= 15 is 0 Å². The Balaban J connectivity index is 3.93. The first kappa shape index (κ1) is 34.3. The smallest absolute Gasteiger partial charge is 0.325 e. The summed E-state index contributed by atoms with van der Waals surface area (Å²) in [7, 11) is -0.771. The number of unbranched alkanes of at least 4 members (excludes halogenated alkanes) is 15. The number of hydrogen-bond donors (Lipinski definition) is 1. The normalized spacial score (nSPS) is 14.7. The highest BCUT2D eigenvalue weighted by atomic mass is 32.2. The molecule has 0 fully saturated rings. The number of carbonyl (C=O) groups excluding carboxylic acids is 1. The van der Waals surface area contributed by atoms with Crippen molar-refractivity contribution in [2.45, 2.75) is 154 Å². The maximum atomic E-state index is 12.5. The number of ether oxygens (including phenoxy) is 1. The van der Waals surface area contributed by atoms with Gasteiger partial charge < -0.3 is 4.74 Å². The van der Waals surface area contributed by atoms with Gasteiger partial charge in [-0.05, 0) is 40.2 Å². The van der Waals surface area contributed by atoms with Crippen molar-refractivity contribution in [3.8, 4) is 0 Å². The molecule has 6 nitrogen and oxygen atoms in total. The van der Waals surface area contributed by atoms with Crippen molar-refractivity contribution in [1.29, 1.82) is 0 Å². The number of methoxy groups -OCH3 is 1. The highest BCUT2D eigenvalue weighted by Crippen LogP contribution is 2.26. The summed E-state index contributed by atoms with van der Waals surface area (Å²) in [5, 5.41) is 0. The number of likely N-dealkylation sites (N-methyl/N-ethyl adjacent to an activating group) is 1. The van der Waals surface area contributed by atoms with Crippen LogP contribution in [-0.4, -0.2) is 55.3 Å². The molecule has 0 aliphatic carbocycles. The Morgan fingerprint density at radius 3 is 1.60 bits per heavy atom. The summed E-state index contributed by atoms with van der Waals surface area (Å²) in [5.74, 6) is -0.713. The Kier molecular flexibility index (Phi) is 20.0. The van der Waals surface area contributed by atoms with E-state index < -0.39 is 15.7 Å². The second kappa shape index (κ2) is 20.4. The van der Waals surface area contributed by atoms with Crippen LogP contribution in [0.3, 0.4) is 0 Å². The van der Waals surface area contributed by atoms with Gasteiger partial charge in [0.15, 0.2) is 0 Å². The highest BCUT2D eigenvalue weighted by molar-refractivity contribution is 7.85. The first-order valence-corrected chi connectivity index (χ1v) is 16.0. The van der Waals surface area contributed by atoms with Crippen molar-refractivity contribution in [2.24, 2.45) is 0 Å². The number of nitrogens with zero attached hydrogens (tertiary/aromatic N) is 1. The lowest BCUT2D eigenvalue weighted by molar-refractivity contribution is -0.155. The minimum Gasteiger partial charge on any atom is -0.468 e. The predicted octanol–water partition coefficient (Wildman–Crippen LogP) is 7.56. The number of rotatable bonds is 24. The number of esters is 1. The first-order valence-electron chi connectivity index (χ1n) is 14.3. The van der Waals surface area contributed by atoms with E-state index in [0.29, 0.717) is 6.42 Å². The minimum atomic E-state index is -4.03. The van der Waals surface area contributed by atoms with E-state index in [1.54, 1.807) is 6.92 Å². The van der Waals surface area contributed by atoms with Crippen LogP contribution in [0.15, 0.2) is 0 Å². The monoisotopic (exact) mass is 519 g/mol. The predicted molar refractivity (Wildman–Crippen MR) is 147 cm³/mol. The molecule has 1 N–H and O–H groups in total. The number of hydrogen-bond acceptors (Lipinski definition) is 5. The Labute approximate surface area is 217 Å². The maximum absolute atomic E-state index is 12.5. The third-order valence-corrected chi connectivity index (χ3v) is 8.41. The summed E-state index contributed by atoms with van der Waals surface area (Å²) < 4.78 is 36.1. The van der Waals surface area contributed by atoms with E-state index in [2.05, 4.69) is 13.8 Å². The first-order chi connectivity index (χ1) is 16.6. The van der Waals surface area contributed by atoms with Gasteiger partial charge in [0.1, 0.15) is 5.54 Å². The average Bonchev–Trinajstić information content (AvgIpc) is 2.81. The third kappa shape index (κ3) is 17.4. The Morgan fingerprint density at radius 2 is 1.23 bits per heavy atom. The van der Waals surface area contributed by atoms with Gasteiger partial charge in [-0.25, -0.2) is 0 Å². The summed E-state index contributed by atoms with van der Waals surface area (Å²) in [4.78, 5) is 14.5. The van der Waals surface area contributed by atoms with Crippen molar-refractivity contribution in [3.05, 3.63) is 0 Å². The van der Waals surface area contributed by atoms with Crippen LogP contribution < -0.4 is 0 Å². The van der Waals surface area contributed by atoms with E-state index in [4.69, 9.17) is 9.29 Å². The van der Waals surface area contributed by atoms with Gasteiger partial charge in [0.05, 0.1) is 12.9 Å². The van der Waals surface area contributed by atoms with E-state index in [0.717, 1.165) is 12.8 Å². The highest BCUT2D eigenvalue weighted by Gasteiger charge is 2.40. The molecule has 0 aromatic carbocycles. The zero-order valence-electron chi connectivity index (χ0n) is 23.7. The zero-order chi connectivity index (χ0) is 26.6. The van der Waals surface area contributed by atoms with Crippen LogP contribution in [0, 0.1) is 0 Å². The van der Waals surface area contributed by atoms with Crippen LogP contribution >= 0.6 is 0 Å². The molecule has 0 spiro atoms. The second-order valence-corrected chi connectivity index (χ2v) is 12.3. The molecule has 0 rings (SSSR count). The Bertz CT molecular complexity index is 625. The average molecular weight is 520 g/mol. The fourth-order valence-electron chi connectivity index (χ4n) is 4.91. The van der Waals surface area contributed by atoms with Crippen molar-refractivity contribution < 1.29 is 22.5 Å². The Hall–Kier alpha value is -0.660. The molecule has 0 saturated carbocycles. The van der Waals surface area contributed by atoms with Crippen LogP contribution in [-0.2, 0) is 19.6 Å².